The molecule has 0 aromatic carbocycles. The van der Waals surface area contributed by atoms with Gasteiger partial charge in [-0.15, -0.1) is 11.3 Å². The van der Waals surface area contributed by atoms with Crippen molar-refractivity contribution >= 4 is 11.3 Å². The molecule has 0 amide bonds. The van der Waals surface area contributed by atoms with Gasteiger partial charge in [-0.2, -0.15) is 0 Å². The number of hydrogen-bond acceptors (Lipinski definition) is 4. The van der Waals surface area contributed by atoms with E-state index in [4.69, 9.17) is 10.5 Å². The molecule has 0 aliphatic heterocycles. The second-order valence-electron chi connectivity index (χ2n) is 4.13. The monoisotopic (exact) mass is 226 g/mol. The van der Waals surface area contributed by atoms with Crippen molar-refractivity contribution in [3.05, 3.63) is 16.1 Å². The molecule has 2 rings (SSSR count). The van der Waals surface area contributed by atoms with Gasteiger partial charge in [0.1, 0.15) is 5.01 Å². The molecule has 1 aliphatic rings. The molecule has 4 heteroatoms. The highest BCUT2D eigenvalue weighted by Crippen LogP contribution is 2.36. The van der Waals surface area contributed by atoms with Gasteiger partial charge < -0.3 is 10.5 Å². The maximum atomic E-state index is 6.33. The highest BCUT2D eigenvalue weighted by molar-refractivity contribution is 7.09. The van der Waals surface area contributed by atoms with Crippen molar-refractivity contribution in [3.63, 3.8) is 0 Å². The Morgan fingerprint density at radius 1 is 1.53 bits per heavy atom. The number of rotatable bonds is 4. The van der Waals surface area contributed by atoms with E-state index in [1.54, 1.807) is 11.3 Å². The Morgan fingerprint density at radius 2 is 2.27 bits per heavy atom. The normalized spacial score (nSPS) is 19.6. The van der Waals surface area contributed by atoms with E-state index in [-0.39, 0.29) is 5.54 Å². The maximum Gasteiger partial charge on any atom is 0.119 e. The molecule has 3 nitrogen and oxygen atoms in total. The van der Waals surface area contributed by atoms with Crippen LogP contribution in [-0.4, -0.2) is 11.6 Å². The number of thiazole rings is 1. The minimum absolute atomic E-state index is 0.152. The van der Waals surface area contributed by atoms with Crippen LogP contribution in [0.2, 0.25) is 0 Å². The van der Waals surface area contributed by atoms with Crippen LogP contribution in [0.5, 0.6) is 0 Å². The number of hydrogen-bond donors (Lipinski definition) is 1. The molecular formula is C11H18N2OS. The quantitative estimate of drug-likeness (QED) is 0.857. The molecule has 0 spiro atoms. The van der Waals surface area contributed by atoms with Gasteiger partial charge in [0.05, 0.1) is 17.8 Å². The fourth-order valence-electron chi connectivity index (χ4n) is 2.06. The third kappa shape index (κ3) is 2.38. The summed E-state index contributed by atoms with van der Waals surface area (Å²) in [6.45, 7) is 3.36. The van der Waals surface area contributed by atoms with Crippen molar-refractivity contribution in [2.45, 2.75) is 44.8 Å². The predicted molar refractivity (Wildman–Crippen MR) is 61.8 cm³/mol. The van der Waals surface area contributed by atoms with Gasteiger partial charge >= 0.3 is 0 Å². The van der Waals surface area contributed by atoms with Crippen molar-refractivity contribution in [2.24, 2.45) is 5.73 Å². The topological polar surface area (TPSA) is 48.1 Å². The SMILES string of the molecule is CCOCc1nc(C2(N)CCCC2)cs1. The molecule has 1 heterocycles. The number of ether oxygens (including phenoxy) is 1. The van der Waals surface area contributed by atoms with Gasteiger partial charge in [0, 0.05) is 12.0 Å². The van der Waals surface area contributed by atoms with Gasteiger partial charge in [-0.25, -0.2) is 4.98 Å². The molecule has 1 aromatic heterocycles. The first-order valence-corrected chi connectivity index (χ1v) is 6.44. The van der Waals surface area contributed by atoms with E-state index in [1.807, 2.05) is 6.92 Å². The third-order valence-corrected chi connectivity index (χ3v) is 3.81. The molecule has 1 fully saturated rings. The molecule has 0 bridgehead atoms. The highest BCUT2D eigenvalue weighted by atomic mass is 32.1. The largest absolute Gasteiger partial charge is 0.375 e. The van der Waals surface area contributed by atoms with Gasteiger partial charge in [-0.3, -0.25) is 0 Å². The molecule has 2 N–H and O–H groups in total. The first-order chi connectivity index (χ1) is 7.24. The molecule has 1 saturated carbocycles. The average Bonchev–Trinajstić information content (AvgIpc) is 2.84. The van der Waals surface area contributed by atoms with Crippen molar-refractivity contribution in [3.8, 4) is 0 Å². The molecular weight excluding hydrogens is 208 g/mol. The van der Waals surface area contributed by atoms with E-state index in [2.05, 4.69) is 10.4 Å². The van der Waals surface area contributed by atoms with Gasteiger partial charge in [-0.05, 0) is 19.8 Å². The van der Waals surface area contributed by atoms with Crippen molar-refractivity contribution in [1.82, 2.24) is 4.98 Å². The lowest BCUT2D eigenvalue weighted by Gasteiger charge is -2.20. The van der Waals surface area contributed by atoms with Crippen LogP contribution in [0.1, 0.15) is 43.3 Å². The smallest absolute Gasteiger partial charge is 0.119 e. The van der Waals surface area contributed by atoms with E-state index in [0.717, 1.165) is 30.2 Å². The molecule has 15 heavy (non-hydrogen) atoms. The minimum atomic E-state index is -0.152. The second kappa shape index (κ2) is 4.60. The zero-order valence-corrected chi connectivity index (χ0v) is 9.98. The minimum Gasteiger partial charge on any atom is -0.375 e. The van der Waals surface area contributed by atoms with Gasteiger partial charge in [-0.1, -0.05) is 12.8 Å². The summed E-state index contributed by atoms with van der Waals surface area (Å²) in [5.74, 6) is 0. The number of nitrogens with two attached hydrogens (primary N) is 1. The molecule has 84 valence electrons. The predicted octanol–water partition coefficient (Wildman–Crippen LogP) is 2.41. The van der Waals surface area contributed by atoms with Crippen LogP contribution in [0, 0.1) is 0 Å². The summed E-state index contributed by atoms with van der Waals surface area (Å²) in [4.78, 5) is 4.57. The zero-order chi connectivity index (χ0) is 10.7. The second-order valence-corrected chi connectivity index (χ2v) is 5.07. The first-order valence-electron chi connectivity index (χ1n) is 5.56. The molecule has 1 aromatic rings. The average molecular weight is 226 g/mol. The van der Waals surface area contributed by atoms with Gasteiger partial charge in [0.25, 0.3) is 0 Å². The summed E-state index contributed by atoms with van der Waals surface area (Å²) in [6.07, 6.45) is 4.61. The lowest BCUT2D eigenvalue weighted by molar-refractivity contribution is 0.133. The van der Waals surface area contributed by atoms with Crippen LogP contribution >= 0.6 is 11.3 Å². The molecule has 0 radical (unpaired) electrons. The van der Waals surface area contributed by atoms with Crippen LogP contribution in [0.15, 0.2) is 5.38 Å². The lowest BCUT2D eigenvalue weighted by atomic mass is 9.96. The Labute approximate surface area is 94.7 Å². The van der Waals surface area contributed by atoms with Crippen LogP contribution in [-0.2, 0) is 16.9 Å². The third-order valence-electron chi connectivity index (χ3n) is 2.99. The molecule has 0 saturated heterocycles. The Balaban J connectivity index is 2.05. The molecule has 1 aliphatic carbocycles. The van der Waals surface area contributed by atoms with Gasteiger partial charge in [0.2, 0.25) is 0 Å². The Kier molecular flexibility index (Phi) is 3.38. The Hall–Kier alpha value is -0.450. The standard InChI is InChI=1S/C11H18N2OS/c1-2-14-7-10-13-9(8-15-10)11(12)5-3-4-6-11/h8H,2-7,12H2,1H3. The summed E-state index contributed by atoms with van der Waals surface area (Å²) < 4.78 is 5.34. The van der Waals surface area contributed by atoms with Crippen molar-refractivity contribution in [1.29, 1.82) is 0 Å². The molecule has 0 atom stereocenters. The summed E-state index contributed by atoms with van der Waals surface area (Å²) in [5, 5.41) is 3.14. The van der Waals surface area contributed by atoms with Gasteiger partial charge in [0.15, 0.2) is 0 Å². The maximum absolute atomic E-state index is 6.33. The molecule has 0 unspecified atom stereocenters. The van der Waals surface area contributed by atoms with Crippen LogP contribution in [0.25, 0.3) is 0 Å². The van der Waals surface area contributed by atoms with E-state index in [0.29, 0.717) is 6.61 Å². The van der Waals surface area contributed by atoms with Crippen LogP contribution in [0.4, 0.5) is 0 Å². The van der Waals surface area contributed by atoms with Crippen LogP contribution < -0.4 is 5.73 Å². The summed E-state index contributed by atoms with van der Waals surface area (Å²) in [6, 6.07) is 0. The Morgan fingerprint density at radius 3 is 2.93 bits per heavy atom. The van der Waals surface area contributed by atoms with E-state index >= 15 is 0 Å². The van der Waals surface area contributed by atoms with Crippen molar-refractivity contribution < 1.29 is 4.74 Å². The number of nitrogens with zero attached hydrogens (tertiary/aromatic N) is 1. The summed E-state index contributed by atoms with van der Waals surface area (Å²) >= 11 is 1.66. The summed E-state index contributed by atoms with van der Waals surface area (Å²) in [7, 11) is 0. The fraction of sp³-hybridized carbons (Fsp3) is 0.727. The van der Waals surface area contributed by atoms with E-state index in [1.165, 1.54) is 12.8 Å². The Bertz CT molecular complexity index is 318. The highest BCUT2D eigenvalue weighted by Gasteiger charge is 2.33. The first kappa shape index (κ1) is 11.0. The van der Waals surface area contributed by atoms with E-state index < -0.39 is 0 Å². The zero-order valence-electron chi connectivity index (χ0n) is 9.16. The van der Waals surface area contributed by atoms with E-state index in [9.17, 15) is 0 Å². The van der Waals surface area contributed by atoms with Crippen molar-refractivity contribution in [2.75, 3.05) is 6.61 Å². The fourth-order valence-corrected chi connectivity index (χ4v) is 2.89. The summed E-state index contributed by atoms with van der Waals surface area (Å²) in [5.41, 5.74) is 7.24. The number of aromatic nitrogens is 1. The lowest BCUT2D eigenvalue weighted by Crippen LogP contribution is -2.33. The van der Waals surface area contributed by atoms with Crippen LogP contribution in [0.3, 0.4) is 0 Å².